The molecule has 0 bridgehead atoms. The number of aromatic nitrogens is 1. The zero-order valence-corrected chi connectivity index (χ0v) is 21.4. The average molecular weight is 520 g/mol. The summed E-state index contributed by atoms with van der Waals surface area (Å²) >= 11 is 0. The lowest BCUT2D eigenvalue weighted by atomic mass is 9.85. The molecule has 6 nitrogen and oxygen atoms in total. The highest BCUT2D eigenvalue weighted by atomic mass is 32.2. The number of H-pyrrole nitrogens is 1. The molecule has 37 heavy (non-hydrogen) atoms. The van der Waals surface area contributed by atoms with Crippen LogP contribution in [-0.4, -0.2) is 25.4 Å². The van der Waals surface area contributed by atoms with Gasteiger partial charge in [-0.15, -0.1) is 0 Å². The molecule has 1 fully saturated rings. The fourth-order valence-corrected chi connectivity index (χ4v) is 6.32. The number of carbonyl (C=O) groups is 1. The van der Waals surface area contributed by atoms with E-state index in [1.165, 1.54) is 12.1 Å². The predicted octanol–water partition coefficient (Wildman–Crippen LogP) is 5.69. The Bertz CT molecular complexity index is 1490. The van der Waals surface area contributed by atoms with Crippen molar-refractivity contribution in [3.05, 3.63) is 90.2 Å². The topological polar surface area (TPSA) is 91.1 Å². The first-order valence-electron chi connectivity index (χ1n) is 12.5. The quantitative estimate of drug-likeness (QED) is 0.293. The molecule has 0 saturated heterocycles. The van der Waals surface area contributed by atoms with Gasteiger partial charge in [0.15, 0.2) is 0 Å². The van der Waals surface area contributed by atoms with Gasteiger partial charge in [0, 0.05) is 28.6 Å². The summed E-state index contributed by atoms with van der Waals surface area (Å²) < 4.78 is 42.3. The molecule has 0 aliphatic heterocycles. The molecule has 0 radical (unpaired) electrons. The van der Waals surface area contributed by atoms with Crippen LogP contribution in [0.3, 0.4) is 0 Å². The lowest BCUT2D eigenvalue weighted by molar-refractivity contribution is -0.126. The first-order chi connectivity index (χ1) is 17.8. The summed E-state index contributed by atoms with van der Waals surface area (Å²) in [5, 5.41) is 3.83. The van der Waals surface area contributed by atoms with Gasteiger partial charge in [0.1, 0.15) is 5.82 Å². The molecule has 1 aliphatic rings. The van der Waals surface area contributed by atoms with Crippen LogP contribution in [-0.2, 0) is 14.8 Å². The van der Waals surface area contributed by atoms with E-state index >= 15 is 0 Å². The SMILES string of the molecule is C[C@@H](NC(=O)C1CCC(NS(=O)(=O)c2ccc3[nH]c(-c4ccccc4)cc3c2)CC1)c1ccc(F)cc1. The van der Waals surface area contributed by atoms with Crippen molar-refractivity contribution in [1.82, 2.24) is 15.0 Å². The van der Waals surface area contributed by atoms with Gasteiger partial charge in [-0.05, 0) is 80.1 Å². The highest BCUT2D eigenvalue weighted by Gasteiger charge is 2.30. The van der Waals surface area contributed by atoms with Crippen molar-refractivity contribution in [2.24, 2.45) is 5.92 Å². The largest absolute Gasteiger partial charge is 0.355 e. The lowest BCUT2D eigenvalue weighted by Gasteiger charge is -2.29. The van der Waals surface area contributed by atoms with Gasteiger partial charge >= 0.3 is 0 Å². The number of sulfonamides is 1. The average Bonchev–Trinajstić information content (AvgIpc) is 3.33. The van der Waals surface area contributed by atoms with E-state index in [1.54, 1.807) is 30.3 Å². The fraction of sp³-hybridized carbons (Fsp3) is 0.276. The Labute approximate surface area is 216 Å². The Kier molecular flexibility index (Phi) is 7.13. The molecule has 0 spiro atoms. The van der Waals surface area contributed by atoms with Crippen molar-refractivity contribution < 1.29 is 17.6 Å². The smallest absolute Gasteiger partial charge is 0.240 e. The molecule has 1 aliphatic carbocycles. The highest BCUT2D eigenvalue weighted by molar-refractivity contribution is 7.89. The minimum Gasteiger partial charge on any atom is -0.355 e. The maximum atomic E-state index is 13.2. The molecule has 192 valence electrons. The van der Waals surface area contributed by atoms with Crippen molar-refractivity contribution in [3.63, 3.8) is 0 Å². The number of hydrogen-bond acceptors (Lipinski definition) is 3. The van der Waals surface area contributed by atoms with Crippen LogP contribution >= 0.6 is 0 Å². The van der Waals surface area contributed by atoms with E-state index < -0.39 is 10.0 Å². The van der Waals surface area contributed by atoms with E-state index in [9.17, 15) is 17.6 Å². The zero-order valence-electron chi connectivity index (χ0n) is 20.6. The van der Waals surface area contributed by atoms with Gasteiger partial charge in [0.2, 0.25) is 15.9 Å². The molecule has 0 unspecified atom stereocenters. The summed E-state index contributed by atoms with van der Waals surface area (Å²) in [6, 6.07) is 22.6. The number of carbonyl (C=O) groups excluding carboxylic acids is 1. The number of halogens is 1. The summed E-state index contributed by atoms with van der Waals surface area (Å²) in [6.45, 7) is 1.87. The van der Waals surface area contributed by atoms with Crippen LogP contribution in [0, 0.1) is 11.7 Å². The van der Waals surface area contributed by atoms with Gasteiger partial charge in [-0.25, -0.2) is 17.5 Å². The Morgan fingerprint density at radius 2 is 1.65 bits per heavy atom. The molecule has 3 N–H and O–H groups in total. The van der Waals surface area contributed by atoms with Crippen molar-refractivity contribution in [3.8, 4) is 11.3 Å². The number of nitrogens with one attached hydrogen (secondary N) is 3. The normalized spacial score (nSPS) is 19.0. The van der Waals surface area contributed by atoms with Gasteiger partial charge in [-0.3, -0.25) is 4.79 Å². The van der Waals surface area contributed by atoms with Crippen LogP contribution < -0.4 is 10.0 Å². The molecule has 1 atom stereocenters. The molecule has 5 rings (SSSR count). The van der Waals surface area contributed by atoms with Crippen LogP contribution in [0.15, 0.2) is 83.8 Å². The summed E-state index contributed by atoms with van der Waals surface area (Å²) in [5.74, 6) is -0.533. The summed E-state index contributed by atoms with van der Waals surface area (Å²) in [7, 11) is -3.70. The number of amides is 1. The first-order valence-corrected chi connectivity index (χ1v) is 14.0. The highest BCUT2D eigenvalue weighted by Crippen LogP contribution is 2.29. The molecule has 1 heterocycles. The van der Waals surface area contributed by atoms with E-state index in [0.29, 0.717) is 25.7 Å². The van der Waals surface area contributed by atoms with Gasteiger partial charge in [0.25, 0.3) is 0 Å². The van der Waals surface area contributed by atoms with Gasteiger partial charge < -0.3 is 10.3 Å². The maximum Gasteiger partial charge on any atom is 0.240 e. The van der Waals surface area contributed by atoms with Crippen molar-refractivity contribution >= 4 is 26.8 Å². The van der Waals surface area contributed by atoms with Gasteiger partial charge in [-0.1, -0.05) is 42.5 Å². The van der Waals surface area contributed by atoms with Crippen molar-refractivity contribution in [1.29, 1.82) is 0 Å². The molecule has 1 saturated carbocycles. The van der Waals surface area contributed by atoms with E-state index in [2.05, 4.69) is 15.0 Å². The fourth-order valence-electron chi connectivity index (χ4n) is 4.98. The van der Waals surface area contributed by atoms with E-state index in [0.717, 1.165) is 27.7 Å². The molecule has 1 aromatic heterocycles. The third kappa shape index (κ3) is 5.76. The number of rotatable bonds is 7. The second-order valence-corrected chi connectivity index (χ2v) is 11.5. The summed E-state index contributed by atoms with van der Waals surface area (Å²) in [6.07, 6.45) is 2.39. The number of benzene rings is 3. The number of fused-ring (bicyclic) bond motifs is 1. The Hall–Kier alpha value is -3.49. The first kappa shape index (κ1) is 25.2. The molecule has 8 heteroatoms. The summed E-state index contributed by atoms with van der Waals surface area (Å²) in [4.78, 5) is 16.3. The molecule has 3 aromatic carbocycles. The second kappa shape index (κ2) is 10.5. The third-order valence-corrected chi connectivity index (χ3v) is 8.65. The molecule has 4 aromatic rings. The zero-order chi connectivity index (χ0) is 26.0. The van der Waals surface area contributed by atoms with Gasteiger partial charge in [-0.2, -0.15) is 0 Å². The van der Waals surface area contributed by atoms with Crippen LogP contribution in [0.25, 0.3) is 22.2 Å². The minimum atomic E-state index is -3.70. The van der Waals surface area contributed by atoms with Crippen LogP contribution in [0.5, 0.6) is 0 Å². The lowest BCUT2D eigenvalue weighted by Crippen LogP contribution is -2.41. The Morgan fingerprint density at radius 1 is 0.946 bits per heavy atom. The summed E-state index contributed by atoms with van der Waals surface area (Å²) in [5.41, 5.74) is 3.68. The van der Waals surface area contributed by atoms with Crippen LogP contribution in [0.1, 0.15) is 44.2 Å². The number of aromatic amines is 1. The van der Waals surface area contributed by atoms with E-state index in [-0.39, 0.29) is 34.6 Å². The third-order valence-electron chi connectivity index (χ3n) is 7.14. The van der Waals surface area contributed by atoms with Crippen molar-refractivity contribution in [2.45, 2.75) is 49.6 Å². The number of hydrogen-bond donors (Lipinski definition) is 3. The standard InChI is InChI=1S/C29H30FN3O3S/c1-19(20-7-11-24(30)12-8-20)31-29(34)22-9-13-25(14-10-22)33-37(35,36)26-15-16-27-23(17-26)18-28(32-27)21-5-3-2-4-6-21/h2-8,11-12,15-19,22,25,32-33H,9-10,13-14H2,1H3,(H,31,34)/t19-,22?,25?/m1/s1. The Morgan fingerprint density at radius 3 is 2.35 bits per heavy atom. The predicted molar refractivity (Wildman–Crippen MR) is 143 cm³/mol. The monoisotopic (exact) mass is 519 g/mol. The molecule has 1 amide bonds. The van der Waals surface area contributed by atoms with Crippen LogP contribution in [0.4, 0.5) is 4.39 Å². The van der Waals surface area contributed by atoms with Crippen LogP contribution in [0.2, 0.25) is 0 Å². The van der Waals surface area contributed by atoms with Gasteiger partial charge in [0.05, 0.1) is 10.9 Å². The molecular formula is C29H30FN3O3S. The minimum absolute atomic E-state index is 0.0507. The van der Waals surface area contributed by atoms with E-state index in [4.69, 9.17) is 0 Å². The Balaban J connectivity index is 1.19. The van der Waals surface area contributed by atoms with Crippen molar-refractivity contribution in [2.75, 3.05) is 0 Å². The second-order valence-electron chi connectivity index (χ2n) is 9.75. The van der Waals surface area contributed by atoms with E-state index in [1.807, 2.05) is 43.3 Å². The molecular weight excluding hydrogens is 489 g/mol. The maximum absolute atomic E-state index is 13.2.